The Hall–Kier alpha value is -2.71. The number of carbonyl (C=O) groups is 1. The minimum Gasteiger partial charge on any atom is -0.386 e. The summed E-state index contributed by atoms with van der Waals surface area (Å²) in [4.78, 5) is 13.7. The summed E-state index contributed by atoms with van der Waals surface area (Å²) >= 11 is 1.61. The summed E-state index contributed by atoms with van der Waals surface area (Å²) in [7, 11) is 0. The number of benzene rings is 2. The second-order valence-corrected chi connectivity index (χ2v) is 8.53. The lowest BCUT2D eigenvalue weighted by molar-refractivity contribution is -0.137. The molecule has 2 aromatic carbocycles. The fourth-order valence-electron chi connectivity index (χ4n) is 3.37. The van der Waals surface area contributed by atoms with Crippen LogP contribution in [-0.4, -0.2) is 17.1 Å². The number of aliphatic hydroxyl groups excluding tert-OH is 1. The number of rotatable bonds is 9. The van der Waals surface area contributed by atoms with E-state index in [2.05, 4.69) is 5.32 Å². The molecule has 1 heterocycles. The van der Waals surface area contributed by atoms with Crippen LogP contribution in [0.4, 0.5) is 17.6 Å². The average molecular weight is 466 g/mol. The summed E-state index contributed by atoms with van der Waals surface area (Å²) in [6.45, 7) is 0. The van der Waals surface area contributed by atoms with Crippen molar-refractivity contribution in [2.45, 2.75) is 44.0 Å². The SMILES string of the molecule is O=C(CCCc1cccs1)NC(Cc1ccc(C(F)(F)F)cc1)C(O)c1ccc(F)cc1. The predicted octanol–water partition coefficient (Wildman–Crippen LogP) is 5.69. The van der Waals surface area contributed by atoms with Crippen molar-refractivity contribution in [1.82, 2.24) is 5.32 Å². The zero-order chi connectivity index (χ0) is 23.1. The van der Waals surface area contributed by atoms with Gasteiger partial charge in [-0.25, -0.2) is 4.39 Å². The standard InChI is InChI=1S/C24H23F4NO2S/c25-19-12-8-17(9-13-19)23(31)21(15-16-6-10-18(11-7-16)24(26,27)28)29-22(30)5-1-3-20-4-2-14-32-20/h2,4,6-14,21,23,31H,1,3,5,15H2,(H,29,30). The summed E-state index contributed by atoms with van der Waals surface area (Å²) in [6, 6.07) is 13.0. The van der Waals surface area contributed by atoms with Gasteiger partial charge in [-0.15, -0.1) is 11.3 Å². The summed E-state index contributed by atoms with van der Waals surface area (Å²) in [6.07, 6.45) is -3.84. The molecule has 0 aliphatic heterocycles. The van der Waals surface area contributed by atoms with Crippen LogP contribution in [0.15, 0.2) is 66.0 Å². The molecule has 0 spiro atoms. The van der Waals surface area contributed by atoms with Gasteiger partial charge in [-0.3, -0.25) is 4.79 Å². The van der Waals surface area contributed by atoms with Crippen LogP contribution in [0.1, 0.15) is 40.5 Å². The Bertz CT molecular complexity index is 986. The zero-order valence-corrected chi connectivity index (χ0v) is 17.9. The van der Waals surface area contributed by atoms with Gasteiger partial charge in [-0.05, 0) is 66.1 Å². The first kappa shape index (κ1) is 23.9. The van der Waals surface area contributed by atoms with Crippen LogP contribution < -0.4 is 5.32 Å². The van der Waals surface area contributed by atoms with E-state index in [1.807, 2.05) is 17.5 Å². The van der Waals surface area contributed by atoms with E-state index >= 15 is 0 Å². The van der Waals surface area contributed by atoms with Gasteiger partial charge in [0.2, 0.25) is 5.91 Å². The summed E-state index contributed by atoms with van der Waals surface area (Å²) in [5, 5.41) is 15.6. The first-order chi connectivity index (χ1) is 15.2. The zero-order valence-electron chi connectivity index (χ0n) is 17.1. The summed E-state index contributed by atoms with van der Waals surface area (Å²) in [5.41, 5.74) is 0.166. The molecule has 1 amide bonds. The number of alkyl halides is 3. The number of aliphatic hydroxyl groups is 1. The Morgan fingerprint density at radius 1 is 1.03 bits per heavy atom. The molecule has 2 N–H and O–H groups in total. The van der Waals surface area contributed by atoms with Crippen LogP contribution in [0.3, 0.4) is 0 Å². The molecule has 0 aliphatic rings. The van der Waals surface area contributed by atoms with Crippen LogP contribution >= 0.6 is 11.3 Å². The molecule has 3 nitrogen and oxygen atoms in total. The van der Waals surface area contributed by atoms with Crippen molar-refractivity contribution in [3.05, 3.63) is 93.4 Å². The lowest BCUT2D eigenvalue weighted by Gasteiger charge is -2.25. The van der Waals surface area contributed by atoms with Crippen LogP contribution in [0.25, 0.3) is 0 Å². The van der Waals surface area contributed by atoms with Crippen molar-refractivity contribution in [1.29, 1.82) is 0 Å². The van der Waals surface area contributed by atoms with Crippen molar-refractivity contribution in [2.75, 3.05) is 0 Å². The van der Waals surface area contributed by atoms with Crippen molar-refractivity contribution in [3.63, 3.8) is 0 Å². The Balaban J connectivity index is 1.69. The molecule has 1 aromatic heterocycles. The molecule has 0 radical (unpaired) electrons. The fourth-order valence-corrected chi connectivity index (χ4v) is 4.13. The number of amides is 1. The molecular formula is C24H23F4NO2S. The van der Waals surface area contributed by atoms with Gasteiger partial charge in [-0.1, -0.05) is 30.3 Å². The molecule has 2 atom stereocenters. The van der Waals surface area contributed by atoms with E-state index in [1.54, 1.807) is 11.3 Å². The predicted molar refractivity (Wildman–Crippen MR) is 116 cm³/mol. The molecule has 0 aliphatic carbocycles. The molecule has 0 fully saturated rings. The van der Waals surface area contributed by atoms with Crippen molar-refractivity contribution >= 4 is 17.2 Å². The van der Waals surface area contributed by atoms with E-state index in [4.69, 9.17) is 0 Å². The molecule has 0 saturated carbocycles. The van der Waals surface area contributed by atoms with E-state index in [1.165, 1.54) is 41.3 Å². The monoisotopic (exact) mass is 465 g/mol. The van der Waals surface area contributed by atoms with Gasteiger partial charge in [0.25, 0.3) is 0 Å². The van der Waals surface area contributed by atoms with Gasteiger partial charge >= 0.3 is 6.18 Å². The third-order valence-corrected chi connectivity index (χ3v) is 6.02. The van der Waals surface area contributed by atoms with E-state index in [0.717, 1.165) is 18.6 Å². The number of aryl methyl sites for hydroxylation is 1. The van der Waals surface area contributed by atoms with Crippen LogP contribution in [0.2, 0.25) is 0 Å². The van der Waals surface area contributed by atoms with E-state index in [0.29, 0.717) is 17.5 Å². The topological polar surface area (TPSA) is 49.3 Å². The van der Waals surface area contributed by atoms with Gasteiger partial charge in [0.1, 0.15) is 5.82 Å². The average Bonchev–Trinajstić information content (AvgIpc) is 3.26. The number of hydrogen-bond acceptors (Lipinski definition) is 3. The smallest absolute Gasteiger partial charge is 0.386 e. The number of carbonyl (C=O) groups excluding carboxylic acids is 1. The van der Waals surface area contributed by atoms with Gasteiger partial charge in [0.15, 0.2) is 0 Å². The highest BCUT2D eigenvalue weighted by Gasteiger charge is 2.30. The number of thiophene rings is 1. The van der Waals surface area contributed by atoms with Crippen LogP contribution in [0, 0.1) is 5.82 Å². The van der Waals surface area contributed by atoms with Gasteiger partial charge in [-0.2, -0.15) is 13.2 Å². The highest BCUT2D eigenvalue weighted by molar-refractivity contribution is 7.09. The minimum atomic E-state index is -4.44. The summed E-state index contributed by atoms with van der Waals surface area (Å²) in [5.74, 6) is -0.725. The molecular weight excluding hydrogens is 442 g/mol. The largest absolute Gasteiger partial charge is 0.416 e. The first-order valence-corrected chi connectivity index (χ1v) is 11.0. The Kier molecular flexibility index (Phi) is 8.04. The lowest BCUT2D eigenvalue weighted by atomic mass is 9.95. The Morgan fingerprint density at radius 3 is 2.31 bits per heavy atom. The van der Waals surface area contributed by atoms with E-state index in [-0.39, 0.29) is 18.7 Å². The normalized spacial score (nSPS) is 13.5. The summed E-state index contributed by atoms with van der Waals surface area (Å²) < 4.78 is 51.7. The van der Waals surface area contributed by atoms with Gasteiger partial charge < -0.3 is 10.4 Å². The maximum atomic E-state index is 13.3. The number of nitrogens with one attached hydrogen (secondary N) is 1. The molecule has 0 saturated heterocycles. The van der Waals surface area contributed by atoms with Gasteiger partial charge in [0, 0.05) is 11.3 Å². The molecule has 170 valence electrons. The number of halogens is 4. The molecule has 0 bridgehead atoms. The van der Waals surface area contributed by atoms with Crippen LogP contribution in [-0.2, 0) is 23.8 Å². The highest BCUT2D eigenvalue weighted by Crippen LogP contribution is 2.29. The maximum absolute atomic E-state index is 13.3. The van der Waals surface area contributed by atoms with Crippen molar-refractivity contribution in [2.24, 2.45) is 0 Å². The van der Waals surface area contributed by atoms with E-state index < -0.39 is 29.7 Å². The van der Waals surface area contributed by atoms with E-state index in [9.17, 15) is 27.5 Å². The third kappa shape index (κ3) is 6.90. The third-order valence-electron chi connectivity index (χ3n) is 5.08. The van der Waals surface area contributed by atoms with Crippen molar-refractivity contribution in [3.8, 4) is 0 Å². The first-order valence-electron chi connectivity index (χ1n) is 10.1. The molecule has 2 unspecified atom stereocenters. The molecule has 8 heteroatoms. The quantitative estimate of drug-likeness (QED) is 0.399. The van der Waals surface area contributed by atoms with Crippen LogP contribution in [0.5, 0.6) is 0 Å². The molecule has 3 aromatic rings. The van der Waals surface area contributed by atoms with Gasteiger partial charge in [0.05, 0.1) is 17.7 Å². The Morgan fingerprint density at radius 2 is 1.72 bits per heavy atom. The van der Waals surface area contributed by atoms with Crippen molar-refractivity contribution < 1.29 is 27.5 Å². The fraction of sp³-hybridized carbons (Fsp3) is 0.292. The minimum absolute atomic E-state index is 0.118. The molecule has 3 rings (SSSR count). The Labute approximate surface area is 187 Å². The second-order valence-electron chi connectivity index (χ2n) is 7.50. The second kappa shape index (κ2) is 10.7. The number of hydrogen-bond donors (Lipinski definition) is 2. The highest BCUT2D eigenvalue weighted by atomic mass is 32.1. The molecule has 32 heavy (non-hydrogen) atoms. The lowest BCUT2D eigenvalue weighted by Crippen LogP contribution is -2.41. The maximum Gasteiger partial charge on any atom is 0.416 e.